The highest BCUT2D eigenvalue weighted by Gasteiger charge is 2.27. The van der Waals surface area contributed by atoms with Gasteiger partial charge in [0.15, 0.2) is 0 Å². The highest BCUT2D eigenvalue weighted by molar-refractivity contribution is 5.94. The second kappa shape index (κ2) is 6.78. The van der Waals surface area contributed by atoms with Crippen LogP contribution in [0.15, 0.2) is 18.2 Å². The highest BCUT2D eigenvalue weighted by atomic mass is 16.2. The van der Waals surface area contributed by atoms with Gasteiger partial charge in [0.05, 0.1) is 6.54 Å². The lowest BCUT2D eigenvalue weighted by Crippen LogP contribution is -2.44. The van der Waals surface area contributed by atoms with Crippen LogP contribution in [0, 0.1) is 24.7 Å². The van der Waals surface area contributed by atoms with Gasteiger partial charge in [-0.05, 0) is 56.4 Å². The van der Waals surface area contributed by atoms with E-state index in [0.717, 1.165) is 36.1 Å². The van der Waals surface area contributed by atoms with Gasteiger partial charge >= 0.3 is 0 Å². The van der Waals surface area contributed by atoms with E-state index >= 15 is 0 Å². The summed E-state index contributed by atoms with van der Waals surface area (Å²) in [4.78, 5) is 14.7. The van der Waals surface area contributed by atoms with Crippen molar-refractivity contribution in [3.05, 3.63) is 34.9 Å². The van der Waals surface area contributed by atoms with Crippen LogP contribution in [-0.4, -0.2) is 29.9 Å². The number of rotatable bonds is 1. The molecule has 1 aromatic carbocycles. The normalized spacial score (nSPS) is 21.6. The van der Waals surface area contributed by atoms with Crippen molar-refractivity contribution >= 4 is 5.91 Å². The van der Waals surface area contributed by atoms with Crippen LogP contribution < -0.4 is 5.73 Å². The molecule has 1 aliphatic heterocycles. The summed E-state index contributed by atoms with van der Waals surface area (Å²) in [5.41, 5.74) is 8.12. The quantitative estimate of drug-likeness (QED) is 0.806. The molecule has 0 bridgehead atoms. The van der Waals surface area contributed by atoms with E-state index in [-0.39, 0.29) is 5.91 Å². The van der Waals surface area contributed by atoms with Gasteiger partial charge in [0.25, 0.3) is 5.91 Å². The Morgan fingerprint density at radius 1 is 1.43 bits per heavy atom. The molecule has 0 radical (unpaired) electrons. The number of amides is 1. The van der Waals surface area contributed by atoms with Crippen LogP contribution >= 0.6 is 0 Å². The summed E-state index contributed by atoms with van der Waals surface area (Å²) < 4.78 is 0. The SMILES string of the molecule is Cc1cc(C(=O)N2CCC(C)CC2C)ccc1C#CCN. The number of hydrogen-bond acceptors (Lipinski definition) is 2. The van der Waals surface area contributed by atoms with Gasteiger partial charge in [0.2, 0.25) is 0 Å². The van der Waals surface area contributed by atoms with E-state index < -0.39 is 0 Å². The average Bonchev–Trinajstić information content (AvgIpc) is 2.45. The molecule has 2 unspecified atom stereocenters. The van der Waals surface area contributed by atoms with E-state index in [1.54, 1.807) is 0 Å². The summed E-state index contributed by atoms with van der Waals surface area (Å²) in [7, 11) is 0. The summed E-state index contributed by atoms with van der Waals surface area (Å²) in [5.74, 6) is 6.73. The predicted molar refractivity (Wildman–Crippen MR) is 86.0 cm³/mol. The molecule has 0 aromatic heterocycles. The minimum absolute atomic E-state index is 0.135. The number of likely N-dealkylation sites (tertiary alicyclic amines) is 1. The number of carbonyl (C=O) groups is 1. The molecule has 2 rings (SSSR count). The van der Waals surface area contributed by atoms with Crippen molar-refractivity contribution < 1.29 is 4.79 Å². The zero-order valence-corrected chi connectivity index (χ0v) is 13.1. The van der Waals surface area contributed by atoms with Crippen molar-refractivity contribution in [1.29, 1.82) is 0 Å². The molecule has 2 atom stereocenters. The number of nitrogens with zero attached hydrogens (tertiary/aromatic N) is 1. The zero-order chi connectivity index (χ0) is 15.4. The van der Waals surface area contributed by atoms with Gasteiger partial charge in [-0.15, -0.1) is 0 Å². The highest BCUT2D eigenvalue weighted by Crippen LogP contribution is 2.24. The molecule has 21 heavy (non-hydrogen) atoms. The van der Waals surface area contributed by atoms with Gasteiger partial charge in [-0.2, -0.15) is 0 Å². The third kappa shape index (κ3) is 3.65. The number of piperidine rings is 1. The van der Waals surface area contributed by atoms with Gasteiger partial charge in [-0.25, -0.2) is 0 Å². The largest absolute Gasteiger partial charge is 0.336 e. The third-order valence-electron chi connectivity index (χ3n) is 4.20. The molecular weight excluding hydrogens is 260 g/mol. The molecule has 3 heteroatoms. The fraction of sp³-hybridized carbons (Fsp3) is 0.500. The van der Waals surface area contributed by atoms with Crippen molar-refractivity contribution in [3.8, 4) is 11.8 Å². The minimum Gasteiger partial charge on any atom is -0.336 e. The molecule has 1 amide bonds. The fourth-order valence-corrected chi connectivity index (χ4v) is 2.96. The number of aryl methyl sites for hydroxylation is 1. The predicted octanol–water partition coefficient (Wildman–Crippen LogP) is 2.57. The molecule has 0 spiro atoms. The Hall–Kier alpha value is -1.79. The Balaban J connectivity index is 2.18. The fourth-order valence-electron chi connectivity index (χ4n) is 2.96. The van der Waals surface area contributed by atoms with E-state index in [4.69, 9.17) is 5.73 Å². The molecule has 112 valence electrons. The Labute approximate surface area is 127 Å². The Kier molecular flexibility index (Phi) is 5.03. The monoisotopic (exact) mass is 284 g/mol. The average molecular weight is 284 g/mol. The molecule has 1 aliphatic rings. The van der Waals surface area contributed by atoms with Gasteiger partial charge in [0.1, 0.15) is 0 Å². The van der Waals surface area contributed by atoms with Crippen LogP contribution in [0.2, 0.25) is 0 Å². The Morgan fingerprint density at radius 3 is 2.81 bits per heavy atom. The molecule has 3 nitrogen and oxygen atoms in total. The van der Waals surface area contributed by atoms with Crippen LogP contribution in [-0.2, 0) is 0 Å². The van der Waals surface area contributed by atoms with Crippen molar-refractivity contribution in [2.45, 2.75) is 39.7 Å². The van der Waals surface area contributed by atoms with Crippen LogP contribution in [0.5, 0.6) is 0 Å². The lowest BCUT2D eigenvalue weighted by atomic mass is 9.92. The number of hydrogen-bond donors (Lipinski definition) is 1. The lowest BCUT2D eigenvalue weighted by Gasteiger charge is -2.36. The summed E-state index contributed by atoms with van der Waals surface area (Å²) in [5, 5.41) is 0. The maximum absolute atomic E-state index is 12.7. The lowest BCUT2D eigenvalue weighted by molar-refractivity contribution is 0.0588. The topological polar surface area (TPSA) is 46.3 Å². The summed E-state index contributed by atoms with van der Waals surface area (Å²) in [6.45, 7) is 7.59. The molecule has 0 saturated carbocycles. The molecular formula is C18H24N2O. The Morgan fingerprint density at radius 2 is 2.19 bits per heavy atom. The minimum atomic E-state index is 0.135. The van der Waals surface area contributed by atoms with E-state index in [0.29, 0.717) is 18.5 Å². The van der Waals surface area contributed by atoms with E-state index in [2.05, 4.69) is 25.7 Å². The zero-order valence-electron chi connectivity index (χ0n) is 13.1. The van der Waals surface area contributed by atoms with Crippen molar-refractivity contribution in [3.63, 3.8) is 0 Å². The van der Waals surface area contributed by atoms with E-state index in [1.807, 2.05) is 30.0 Å². The second-order valence-electron chi connectivity index (χ2n) is 6.01. The van der Waals surface area contributed by atoms with Gasteiger partial charge in [-0.1, -0.05) is 18.8 Å². The molecule has 2 N–H and O–H groups in total. The summed E-state index contributed by atoms with van der Waals surface area (Å²) in [6, 6.07) is 6.05. The van der Waals surface area contributed by atoms with Crippen molar-refractivity contribution in [2.75, 3.05) is 13.1 Å². The first-order chi connectivity index (χ1) is 10.0. The molecule has 1 aromatic rings. The summed E-state index contributed by atoms with van der Waals surface area (Å²) in [6.07, 6.45) is 2.18. The van der Waals surface area contributed by atoms with Gasteiger partial charge < -0.3 is 10.6 Å². The van der Waals surface area contributed by atoms with Crippen molar-refractivity contribution in [1.82, 2.24) is 4.90 Å². The van der Waals surface area contributed by atoms with E-state index in [9.17, 15) is 4.79 Å². The number of benzene rings is 1. The first-order valence-electron chi connectivity index (χ1n) is 7.63. The second-order valence-corrected chi connectivity index (χ2v) is 6.01. The van der Waals surface area contributed by atoms with Crippen LogP contribution in [0.1, 0.15) is 48.2 Å². The smallest absolute Gasteiger partial charge is 0.254 e. The molecule has 1 saturated heterocycles. The van der Waals surface area contributed by atoms with E-state index in [1.165, 1.54) is 0 Å². The number of carbonyl (C=O) groups excluding carboxylic acids is 1. The molecule has 1 heterocycles. The maximum atomic E-state index is 12.7. The molecule has 1 fully saturated rings. The van der Waals surface area contributed by atoms with Crippen LogP contribution in [0.3, 0.4) is 0 Å². The summed E-state index contributed by atoms with van der Waals surface area (Å²) >= 11 is 0. The standard InChI is InChI=1S/C18H24N2O/c1-13-8-10-20(15(3)11-13)18(21)17-7-6-16(5-4-9-19)14(2)12-17/h6-7,12-13,15H,8-11,19H2,1-3H3. The number of nitrogens with two attached hydrogens (primary N) is 1. The van der Waals surface area contributed by atoms with Gasteiger partial charge in [0, 0.05) is 23.7 Å². The Bertz CT molecular complexity index is 583. The first kappa shape index (κ1) is 15.6. The van der Waals surface area contributed by atoms with Crippen LogP contribution in [0.25, 0.3) is 0 Å². The van der Waals surface area contributed by atoms with Crippen molar-refractivity contribution in [2.24, 2.45) is 11.7 Å². The first-order valence-corrected chi connectivity index (χ1v) is 7.63. The maximum Gasteiger partial charge on any atom is 0.254 e. The van der Waals surface area contributed by atoms with Crippen LogP contribution in [0.4, 0.5) is 0 Å². The molecule has 0 aliphatic carbocycles. The third-order valence-corrected chi connectivity index (χ3v) is 4.20. The van der Waals surface area contributed by atoms with Gasteiger partial charge in [-0.3, -0.25) is 4.79 Å².